The number of benzene rings is 2. The third-order valence-corrected chi connectivity index (χ3v) is 5.67. The van der Waals surface area contributed by atoms with Gasteiger partial charge in [0.05, 0.1) is 6.10 Å². The largest absolute Gasteiger partial charge is 0.491 e. The Morgan fingerprint density at radius 1 is 1.15 bits per heavy atom. The van der Waals surface area contributed by atoms with Gasteiger partial charge < -0.3 is 10.1 Å². The zero-order valence-corrected chi connectivity index (χ0v) is 16.9. The zero-order chi connectivity index (χ0) is 19.4. The van der Waals surface area contributed by atoms with E-state index in [1.54, 1.807) is 0 Å². The molecule has 3 heteroatoms. The summed E-state index contributed by atoms with van der Waals surface area (Å²) < 4.78 is 5.77. The van der Waals surface area contributed by atoms with E-state index >= 15 is 0 Å². The molecule has 0 bridgehead atoms. The predicted molar refractivity (Wildman–Crippen MR) is 111 cm³/mol. The van der Waals surface area contributed by atoms with Crippen molar-refractivity contribution in [2.75, 3.05) is 6.54 Å². The quantitative estimate of drug-likeness (QED) is 0.713. The minimum Gasteiger partial charge on any atom is -0.491 e. The number of rotatable bonds is 6. The van der Waals surface area contributed by atoms with Gasteiger partial charge in [-0.15, -0.1) is 0 Å². The van der Waals surface area contributed by atoms with Crippen molar-refractivity contribution in [1.82, 2.24) is 5.32 Å². The number of carbonyl (C=O) groups excluding carboxylic acids is 1. The Kier molecular flexibility index (Phi) is 5.88. The van der Waals surface area contributed by atoms with Crippen LogP contribution in [0.5, 0.6) is 5.75 Å². The standard InChI is InChI=1S/C24H31NO2/c1-17(2)27-22-9-5-7-20(15-22)18-10-12-19(13-11-18)23(26)25-16-21-8-6-14-24(21,3)4/h5,7,9-13,15,17,21H,6,8,14,16H2,1-4H3,(H,25,26). The number of hydrogen-bond acceptors (Lipinski definition) is 2. The third-order valence-electron chi connectivity index (χ3n) is 5.67. The summed E-state index contributed by atoms with van der Waals surface area (Å²) in [5.74, 6) is 1.45. The summed E-state index contributed by atoms with van der Waals surface area (Å²) in [7, 11) is 0. The van der Waals surface area contributed by atoms with Crippen molar-refractivity contribution in [2.45, 2.75) is 53.1 Å². The van der Waals surface area contributed by atoms with E-state index in [1.165, 1.54) is 19.3 Å². The molecule has 0 saturated heterocycles. The van der Waals surface area contributed by atoms with Crippen LogP contribution in [0.1, 0.15) is 57.3 Å². The van der Waals surface area contributed by atoms with Crippen molar-refractivity contribution in [3.8, 4) is 16.9 Å². The average Bonchev–Trinajstić information content (AvgIpc) is 2.97. The molecule has 1 amide bonds. The molecule has 0 heterocycles. The van der Waals surface area contributed by atoms with Gasteiger partial charge in [0.25, 0.3) is 5.91 Å². The van der Waals surface area contributed by atoms with Crippen LogP contribution in [0.25, 0.3) is 11.1 Å². The highest BCUT2D eigenvalue weighted by atomic mass is 16.5. The van der Waals surface area contributed by atoms with E-state index in [4.69, 9.17) is 4.74 Å². The van der Waals surface area contributed by atoms with Crippen LogP contribution in [0.2, 0.25) is 0 Å². The van der Waals surface area contributed by atoms with E-state index in [-0.39, 0.29) is 12.0 Å². The normalized spacial score (nSPS) is 18.5. The lowest BCUT2D eigenvalue weighted by Gasteiger charge is -2.27. The fourth-order valence-corrected chi connectivity index (χ4v) is 3.93. The highest BCUT2D eigenvalue weighted by molar-refractivity contribution is 5.94. The fraction of sp³-hybridized carbons (Fsp3) is 0.458. The van der Waals surface area contributed by atoms with Crippen LogP contribution in [0.4, 0.5) is 0 Å². The van der Waals surface area contributed by atoms with Gasteiger partial charge in [-0.05, 0) is 73.4 Å². The molecule has 144 valence electrons. The number of carbonyl (C=O) groups is 1. The fourth-order valence-electron chi connectivity index (χ4n) is 3.93. The molecule has 3 rings (SSSR count). The summed E-state index contributed by atoms with van der Waals surface area (Å²) in [5, 5.41) is 3.13. The lowest BCUT2D eigenvalue weighted by Crippen LogP contribution is -2.33. The Bertz CT molecular complexity index is 777. The molecule has 1 aliphatic rings. The lowest BCUT2D eigenvalue weighted by molar-refractivity contribution is 0.0937. The molecule has 2 aromatic carbocycles. The Morgan fingerprint density at radius 2 is 1.89 bits per heavy atom. The van der Waals surface area contributed by atoms with Gasteiger partial charge in [-0.1, -0.05) is 44.5 Å². The predicted octanol–water partition coefficient (Wildman–Crippen LogP) is 5.70. The summed E-state index contributed by atoms with van der Waals surface area (Å²) in [6.45, 7) is 9.42. The monoisotopic (exact) mass is 365 g/mol. The maximum atomic E-state index is 12.5. The van der Waals surface area contributed by atoms with Gasteiger partial charge in [0.2, 0.25) is 0 Å². The van der Waals surface area contributed by atoms with Crippen molar-refractivity contribution in [1.29, 1.82) is 0 Å². The maximum absolute atomic E-state index is 12.5. The highest BCUT2D eigenvalue weighted by Gasteiger charge is 2.34. The molecule has 0 aliphatic heterocycles. The first-order valence-corrected chi connectivity index (χ1v) is 10.0. The van der Waals surface area contributed by atoms with E-state index in [0.29, 0.717) is 16.9 Å². The van der Waals surface area contributed by atoms with Crippen molar-refractivity contribution in [3.63, 3.8) is 0 Å². The second kappa shape index (κ2) is 8.16. The Labute approximate surface area is 163 Å². The van der Waals surface area contributed by atoms with Gasteiger partial charge in [-0.25, -0.2) is 0 Å². The minimum atomic E-state index is 0.0149. The van der Waals surface area contributed by atoms with Crippen molar-refractivity contribution < 1.29 is 9.53 Å². The van der Waals surface area contributed by atoms with Gasteiger partial charge in [-0.3, -0.25) is 4.79 Å². The van der Waals surface area contributed by atoms with E-state index < -0.39 is 0 Å². The summed E-state index contributed by atoms with van der Waals surface area (Å²) in [6.07, 6.45) is 3.88. The van der Waals surface area contributed by atoms with Crippen LogP contribution < -0.4 is 10.1 Å². The Morgan fingerprint density at radius 3 is 2.52 bits per heavy atom. The van der Waals surface area contributed by atoms with Crippen molar-refractivity contribution >= 4 is 5.91 Å². The highest BCUT2D eigenvalue weighted by Crippen LogP contribution is 2.42. The van der Waals surface area contributed by atoms with Crippen LogP contribution in [0.15, 0.2) is 48.5 Å². The van der Waals surface area contributed by atoms with Crippen LogP contribution >= 0.6 is 0 Å². The molecule has 0 spiro atoms. The first-order chi connectivity index (χ1) is 12.8. The molecular formula is C24H31NO2. The number of nitrogens with one attached hydrogen (secondary N) is 1. The maximum Gasteiger partial charge on any atom is 0.251 e. The van der Waals surface area contributed by atoms with E-state index in [0.717, 1.165) is 23.4 Å². The summed E-state index contributed by atoms with van der Waals surface area (Å²) in [6, 6.07) is 15.9. The van der Waals surface area contributed by atoms with Gasteiger partial charge >= 0.3 is 0 Å². The summed E-state index contributed by atoms with van der Waals surface area (Å²) >= 11 is 0. The molecule has 2 aromatic rings. The molecular weight excluding hydrogens is 334 g/mol. The Hall–Kier alpha value is -2.29. The topological polar surface area (TPSA) is 38.3 Å². The first-order valence-electron chi connectivity index (χ1n) is 10.0. The average molecular weight is 366 g/mol. The molecule has 1 fully saturated rings. The zero-order valence-electron chi connectivity index (χ0n) is 16.9. The number of amides is 1. The molecule has 3 nitrogen and oxygen atoms in total. The smallest absolute Gasteiger partial charge is 0.251 e. The van der Waals surface area contributed by atoms with Crippen LogP contribution in [0, 0.1) is 11.3 Å². The van der Waals surface area contributed by atoms with Crippen LogP contribution in [-0.2, 0) is 0 Å². The van der Waals surface area contributed by atoms with Crippen molar-refractivity contribution in [3.05, 3.63) is 54.1 Å². The van der Waals surface area contributed by atoms with Crippen molar-refractivity contribution in [2.24, 2.45) is 11.3 Å². The third kappa shape index (κ3) is 4.91. The van der Waals surface area contributed by atoms with E-state index in [1.807, 2.05) is 56.3 Å². The summed E-state index contributed by atoms with van der Waals surface area (Å²) in [4.78, 5) is 12.5. The van der Waals surface area contributed by atoms with Crippen LogP contribution in [-0.4, -0.2) is 18.6 Å². The molecule has 1 atom stereocenters. The first kappa shape index (κ1) is 19.5. The molecule has 1 aliphatic carbocycles. The minimum absolute atomic E-state index is 0.0149. The van der Waals surface area contributed by atoms with E-state index in [2.05, 4.69) is 25.2 Å². The van der Waals surface area contributed by atoms with E-state index in [9.17, 15) is 4.79 Å². The lowest BCUT2D eigenvalue weighted by atomic mass is 9.82. The van der Waals surface area contributed by atoms with Crippen LogP contribution in [0.3, 0.4) is 0 Å². The molecule has 0 radical (unpaired) electrons. The summed E-state index contributed by atoms with van der Waals surface area (Å²) in [5.41, 5.74) is 3.22. The SMILES string of the molecule is CC(C)Oc1cccc(-c2ccc(C(=O)NCC3CCCC3(C)C)cc2)c1. The Balaban J connectivity index is 1.64. The second-order valence-electron chi connectivity index (χ2n) is 8.56. The molecule has 0 aromatic heterocycles. The molecule has 27 heavy (non-hydrogen) atoms. The van der Waals surface area contributed by atoms with Gasteiger partial charge in [0, 0.05) is 12.1 Å². The number of hydrogen-bond donors (Lipinski definition) is 1. The van der Waals surface area contributed by atoms with Gasteiger partial charge in [0.1, 0.15) is 5.75 Å². The van der Waals surface area contributed by atoms with Gasteiger partial charge in [-0.2, -0.15) is 0 Å². The number of ether oxygens (including phenoxy) is 1. The van der Waals surface area contributed by atoms with Gasteiger partial charge in [0.15, 0.2) is 0 Å². The molecule has 1 unspecified atom stereocenters. The second-order valence-corrected chi connectivity index (χ2v) is 8.56. The molecule has 1 N–H and O–H groups in total. The molecule has 1 saturated carbocycles.